The number of likely N-dealkylation sites (N-methyl/N-ethyl adjacent to an activating group) is 1. The summed E-state index contributed by atoms with van der Waals surface area (Å²) in [4.78, 5) is 25.2. The van der Waals surface area contributed by atoms with Crippen LogP contribution in [0.3, 0.4) is 0 Å². The topological polar surface area (TPSA) is 49.4 Å². The van der Waals surface area contributed by atoms with Crippen LogP contribution < -0.4 is 5.32 Å². The molecule has 1 aliphatic rings. The number of carbonyl (C=O) groups excluding carboxylic acids is 2. The third kappa shape index (κ3) is 5.31. The van der Waals surface area contributed by atoms with Crippen molar-refractivity contribution in [3.8, 4) is 0 Å². The van der Waals surface area contributed by atoms with Crippen LogP contribution in [0, 0.1) is 11.8 Å². The standard InChI is InChI=1S/C13H24N2O2/c1-9(2)13(10(3)16)14-12(17)8-15(4)7-11-5-6-11/h9,11,13H,5-8H2,1-4H3,(H,14,17). The van der Waals surface area contributed by atoms with E-state index < -0.39 is 0 Å². The molecule has 0 aromatic heterocycles. The highest BCUT2D eigenvalue weighted by Gasteiger charge is 2.25. The monoisotopic (exact) mass is 240 g/mol. The summed E-state index contributed by atoms with van der Waals surface area (Å²) < 4.78 is 0. The first-order valence-electron chi connectivity index (χ1n) is 6.38. The van der Waals surface area contributed by atoms with Crippen molar-refractivity contribution in [2.75, 3.05) is 20.1 Å². The van der Waals surface area contributed by atoms with E-state index >= 15 is 0 Å². The van der Waals surface area contributed by atoms with E-state index in [0.29, 0.717) is 6.54 Å². The van der Waals surface area contributed by atoms with Crippen LogP contribution in [0.2, 0.25) is 0 Å². The summed E-state index contributed by atoms with van der Waals surface area (Å²) in [7, 11) is 1.95. The second-order valence-electron chi connectivity index (χ2n) is 5.54. The van der Waals surface area contributed by atoms with Gasteiger partial charge in [-0.2, -0.15) is 0 Å². The van der Waals surface area contributed by atoms with Gasteiger partial charge in [0.2, 0.25) is 5.91 Å². The lowest BCUT2D eigenvalue weighted by Crippen LogP contribution is -2.47. The first-order valence-corrected chi connectivity index (χ1v) is 6.38. The van der Waals surface area contributed by atoms with Crippen LogP contribution in [0.15, 0.2) is 0 Å². The van der Waals surface area contributed by atoms with Crippen molar-refractivity contribution in [1.29, 1.82) is 0 Å². The fraction of sp³-hybridized carbons (Fsp3) is 0.846. The zero-order valence-corrected chi connectivity index (χ0v) is 11.3. The smallest absolute Gasteiger partial charge is 0.234 e. The molecule has 4 heteroatoms. The highest BCUT2D eigenvalue weighted by Crippen LogP contribution is 2.29. The molecule has 0 saturated heterocycles. The van der Waals surface area contributed by atoms with Crippen molar-refractivity contribution in [3.63, 3.8) is 0 Å². The molecule has 0 spiro atoms. The van der Waals surface area contributed by atoms with E-state index in [4.69, 9.17) is 0 Å². The third-order valence-corrected chi connectivity index (χ3v) is 3.10. The van der Waals surface area contributed by atoms with Crippen LogP contribution in [0.1, 0.15) is 33.6 Å². The molecule has 4 nitrogen and oxygen atoms in total. The molecule has 0 heterocycles. The van der Waals surface area contributed by atoms with Gasteiger partial charge in [-0.3, -0.25) is 14.5 Å². The van der Waals surface area contributed by atoms with Gasteiger partial charge in [0.05, 0.1) is 12.6 Å². The van der Waals surface area contributed by atoms with Gasteiger partial charge in [0.1, 0.15) is 0 Å². The van der Waals surface area contributed by atoms with E-state index in [-0.39, 0.29) is 23.7 Å². The highest BCUT2D eigenvalue weighted by atomic mass is 16.2. The van der Waals surface area contributed by atoms with Gasteiger partial charge in [0, 0.05) is 6.54 Å². The molecule has 1 N–H and O–H groups in total. The number of rotatable bonds is 7. The number of carbonyl (C=O) groups is 2. The summed E-state index contributed by atoms with van der Waals surface area (Å²) >= 11 is 0. The second-order valence-corrected chi connectivity index (χ2v) is 5.54. The van der Waals surface area contributed by atoms with Gasteiger partial charge in [-0.15, -0.1) is 0 Å². The number of nitrogens with zero attached hydrogens (tertiary/aromatic N) is 1. The summed E-state index contributed by atoms with van der Waals surface area (Å²) in [6.07, 6.45) is 2.57. The molecule has 0 aromatic carbocycles. The van der Waals surface area contributed by atoms with Crippen molar-refractivity contribution in [3.05, 3.63) is 0 Å². The van der Waals surface area contributed by atoms with Crippen molar-refractivity contribution < 1.29 is 9.59 Å². The van der Waals surface area contributed by atoms with Crippen molar-refractivity contribution in [1.82, 2.24) is 10.2 Å². The van der Waals surface area contributed by atoms with E-state index in [9.17, 15) is 9.59 Å². The van der Waals surface area contributed by atoms with Gasteiger partial charge in [-0.25, -0.2) is 0 Å². The van der Waals surface area contributed by atoms with Gasteiger partial charge in [0.15, 0.2) is 5.78 Å². The van der Waals surface area contributed by atoms with Crippen molar-refractivity contribution in [2.24, 2.45) is 11.8 Å². The van der Waals surface area contributed by atoms with Gasteiger partial charge in [-0.1, -0.05) is 13.8 Å². The first kappa shape index (κ1) is 14.2. The molecule has 0 bridgehead atoms. The quantitative estimate of drug-likeness (QED) is 0.724. The van der Waals surface area contributed by atoms with E-state index in [1.54, 1.807) is 0 Å². The summed E-state index contributed by atoms with van der Waals surface area (Å²) in [6, 6.07) is -0.350. The largest absolute Gasteiger partial charge is 0.345 e. The van der Waals surface area contributed by atoms with Crippen LogP contribution in [0.25, 0.3) is 0 Å². The number of hydrogen-bond acceptors (Lipinski definition) is 3. The predicted molar refractivity (Wildman–Crippen MR) is 67.7 cm³/mol. The summed E-state index contributed by atoms with van der Waals surface area (Å²) in [5.41, 5.74) is 0. The van der Waals surface area contributed by atoms with Gasteiger partial charge < -0.3 is 5.32 Å². The van der Waals surface area contributed by atoms with Gasteiger partial charge in [-0.05, 0) is 38.6 Å². The lowest BCUT2D eigenvalue weighted by molar-refractivity contribution is -0.128. The van der Waals surface area contributed by atoms with Gasteiger partial charge >= 0.3 is 0 Å². The fourth-order valence-corrected chi connectivity index (χ4v) is 2.01. The van der Waals surface area contributed by atoms with E-state index in [1.165, 1.54) is 19.8 Å². The molecule has 0 aromatic rings. The zero-order valence-electron chi connectivity index (χ0n) is 11.3. The molecule has 1 aliphatic carbocycles. The van der Waals surface area contributed by atoms with Crippen LogP contribution >= 0.6 is 0 Å². The molecule has 1 saturated carbocycles. The van der Waals surface area contributed by atoms with Crippen LogP contribution in [-0.2, 0) is 9.59 Å². The van der Waals surface area contributed by atoms with E-state index in [0.717, 1.165) is 12.5 Å². The SMILES string of the molecule is CC(=O)C(NC(=O)CN(C)CC1CC1)C(C)C. The number of nitrogens with one attached hydrogen (secondary N) is 1. The number of hydrogen-bond donors (Lipinski definition) is 1. The molecular weight excluding hydrogens is 216 g/mol. The fourth-order valence-electron chi connectivity index (χ4n) is 2.01. The Balaban J connectivity index is 2.32. The lowest BCUT2D eigenvalue weighted by Gasteiger charge is -2.22. The molecular formula is C13H24N2O2. The molecule has 0 aliphatic heterocycles. The minimum Gasteiger partial charge on any atom is -0.345 e. The summed E-state index contributed by atoms with van der Waals surface area (Å²) in [6.45, 7) is 6.78. The molecule has 1 fully saturated rings. The lowest BCUT2D eigenvalue weighted by atomic mass is 10.0. The number of amides is 1. The maximum atomic E-state index is 11.8. The first-order chi connectivity index (χ1) is 7.90. The Morgan fingerprint density at radius 2 is 1.94 bits per heavy atom. The number of ketones is 1. The molecule has 0 radical (unpaired) electrons. The highest BCUT2D eigenvalue weighted by molar-refractivity contribution is 5.88. The molecule has 1 rings (SSSR count). The Bertz CT molecular complexity index is 285. The zero-order chi connectivity index (χ0) is 13.0. The van der Waals surface area contributed by atoms with Gasteiger partial charge in [0.25, 0.3) is 0 Å². The number of Topliss-reactive ketones (excluding diaryl/α,β-unsaturated/α-hetero) is 1. The Labute approximate surface area is 104 Å². The predicted octanol–water partition coefficient (Wildman–Crippen LogP) is 1.06. The van der Waals surface area contributed by atoms with E-state index in [2.05, 4.69) is 5.32 Å². The molecule has 1 unspecified atom stereocenters. The Morgan fingerprint density at radius 3 is 2.35 bits per heavy atom. The van der Waals surface area contributed by atoms with Crippen molar-refractivity contribution in [2.45, 2.75) is 39.7 Å². The maximum absolute atomic E-state index is 11.8. The van der Waals surface area contributed by atoms with Crippen LogP contribution in [0.4, 0.5) is 0 Å². The molecule has 1 amide bonds. The summed E-state index contributed by atoms with van der Waals surface area (Å²) in [5, 5.41) is 2.81. The molecule has 1 atom stereocenters. The normalized spacial score (nSPS) is 17.3. The van der Waals surface area contributed by atoms with Crippen LogP contribution in [-0.4, -0.2) is 42.8 Å². The van der Waals surface area contributed by atoms with E-state index in [1.807, 2.05) is 25.8 Å². The van der Waals surface area contributed by atoms with Crippen LogP contribution in [0.5, 0.6) is 0 Å². The minimum atomic E-state index is -0.350. The Morgan fingerprint density at radius 1 is 1.35 bits per heavy atom. The average molecular weight is 240 g/mol. The van der Waals surface area contributed by atoms with Crippen molar-refractivity contribution >= 4 is 11.7 Å². The molecule has 98 valence electrons. The molecule has 17 heavy (non-hydrogen) atoms. The second kappa shape index (κ2) is 6.15. The average Bonchev–Trinajstić information content (AvgIpc) is 2.96. The Hall–Kier alpha value is -0.900. The third-order valence-electron chi connectivity index (χ3n) is 3.10. The summed E-state index contributed by atoms with van der Waals surface area (Å²) in [5.74, 6) is 0.895. The Kier molecular flexibility index (Phi) is 5.12. The minimum absolute atomic E-state index is 0.0261. The maximum Gasteiger partial charge on any atom is 0.234 e.